The summed E-state index contributed by atoms with van der Waals surface area (Å²) in [5, 5.41) is -5.68. The maximum atomic E-state index is 13.3. The van der Waals surface area contributed by atoms with Crippen molar-refractivity contribution in [3.63, 3.8) is 0 Å². The Morgan fingerprint density at radius 1 is 1.00 bits per heavy atom. The summed E-state index contributed by atoms with van der Waals surface area (Å²) in [6.07, 6.45) is 3.96. The van der Waals surface area contributed by atoms with E-state index in [1.165, 1.54) is 32.1 Å². The number of carbonyl (C=O) groups excluding carboxylic acids is 1. The number of unbranched alkanes of at least 4 members (excludes halogenated alkanes) is 1. The van der Waals surface area contributed by atoms with Crippen molar-refractivity contribution in [1.29, 1.82) is 0 Å². The number of hydrogen-bond donors (Lipinski definition) is 0. The van der Waals surface area contributed by atoms with Crippen LogP contribution in [-0.2, 0) is 29.1 Å². The van der Waals surface area contributed by atoms with Crippen LogP contribution >= 0.6 is 0 Å². The fourth-order valence-electron chi connectivity index (χ4n) is 5.55. The van der Waals surface area contributed by atoms with Gasteiger partial charge < -0.3 is 18.8 Å². The molecule has 0 radical (unpaired) electrons. The minimum Gasteiger partial charge on any atom is -0.743 e. The van der Waals surface area contributed by atoms with Crippen molar-refractivity contribution in [2.45, 2.75) is 68.6 Å². The quantitative estimate of drug-likeness (QED) is 0.0944. The maximum absolute atomic E-state index is 13.3. The molecule has 33 heavy (non-hydrogen) atoms. The van der Waals surface area contributed by atoms with Crippen LogP contribution < -0.4 is 0 Å². The lowest BCUT2D eigenvalue weighted by molar-refractivity contribution is -0.184. The molecule has 0 aliphatic heterocycles. The van der Waals surface area contributed by atoms with Crippen molar-refractivity contribution >= 4 is 16.1 Å². The summed E-state index contributed by atoms with van der Waals surface area (Å²) >= 11 is 0. The molecule has 0 amide bonds. The molecule has 7 nitrogen and oxygen atoms in total. The second-order valence-electron chi connectivity index (χ2n) is 9.40. The fourth-order valence-corrected chi connectivity index (χ4v) is 6.02. The van der Waals surface area contributed by atoms with Gasteiger partial charge in [0.05, 0.1) is 18.3 Å². The maximum Gasteiger partial charge on any atom is 0.396 e. The average molecular weight is 502 g/mol. The number of carbonyl (C=O) groups is 1. The van der Waals surface area contributed by atoms with Crippen molar-refractivity contribution in [1.82, 2.24) is 0 Å². The molecular weight excluding hydrogens is 472 g/mol. The molecule has 4 aliphatic rings. The lowest BCUT2D eigenvalue weighted by Crippen LogP contribution is -2.49. The Kier molecular flexibility index (Phi) is 8.12. The van der Waals surface area contributed by atoms with E-state index in [1.54, 1.807) is 0 Å². The lowest BCUT2D eigenvalue weighted by Gasteiger charge is -2.53. The van der Waals surface area contributed by atoms with Crippen LogP contribution in [0.4, 0.5) is 17.6 Å². The van der Waals surface area contributed by atoms with Gasteiger partial charge in [0.2, 0.25) is 0 Å². The van der Waals surface area contributed by atoms with E-state index in [1.807, 2.05) is 0 Å². The number of alkyl halides is 4. The molecule has 0 N–H and O–H groups in total. The Balaban J connectivity index is 1.27. The second-order valence-corrected chi connectivity index (χ2v) is 10.8. The van der Waals surface area contributed by atoms with Crippen molar-refractivity contribution in [3.05, 3.63) is 12.2 Å². The summed E-state index contributed by atoms with van der Waals surface area (Å²) in [4.78, 5) is 12.0. The molecule has 4 aliphatic carbocycles. The largest absolute Gasteiger partial charge is 0.743 e. The van der Waals surface area contributed by atoms with Gasteiger partial charge in [0.1, 0.15) is 0 Å². The first-order valence-electron chi connectivity index (χ1n) is 11.1. The number of halogens is 4. The molecule has 0 heterocycles. The molecule has 0 aromatic carbocycles. The van der Waals surface area contributed by atoms with Crippen LogP contribution in [0.3, 0.4) is 0 Å². The Morgan fingerprint density at radius 3 is 2.12 bits per heavy atom. The lowest BCUT2D eigenvalue weighted by atomic mass is 9.55. The molecule has 4 rings (SSSR count). The summed E-state index contributed by atoms with van der Waals surface area (Å²) in [5.74, 6) is -3.06. The number of hydrogen-bond acceptors (Lipinski definition) is 7. The SMILES string of the molecule is C=C(COCCCCC(F)(F)C(F)(F)S(=O)(=O)[O-])C(=O)OCOC1C2CC3CC(C2)CC1C3. The van der Waals surface area contributed by atoms with E-state index in [-0.39, 0.29) is 38.1 Å². The molecular formula is C21H29F4O7S-. The van der Waals surface area contributed by atoms with Gasteiger partial charge in [0, 0.05) is 13.0 Å². The molecule has 12 heteroatoms. The third kappa shape index (κ3) is 6.07. The average Bonchev–Trinajstić information content (AvgIpc) is 2.70. The van der Waals surface area contributed by atoms with Gasteiger partial charge in [-0.2, -0.15) is 17.6 Å². The van der Waals surface area contributed by atoms with Crippen LogP contribution in [0, 0.1) is 23.7 Å². The Hall–Kier alpha value is -1.24. The highest BCUT2D eigenvalue weighted by atomic mass is 32.2. The molecule has 4 fully saturated rings. The molecule has 4 bridgehead atoms. The standard InChI is InChI=1S/C21H30F4O7S/c1-13(11-30-5-3-2-4-20(22,23)21(24,25)33(27,28)29)19(26)32-12-31-18-16-7-14-6-15(9-16)10-17(18)8-14/h14-18H,1-12H2,(H,27,28,29)/p-1. The van der Waals surface area contributed by atoms with Crippen LogP contribution in [0.5, 0.6) is 0 Å². The minimum absolute atomic E-state index is 0.0157. The smallest absolute Gasteiger partial charge is 0.396 e. The first-order valence-corrected chi connectivity index (χ1v) is 12.5. The molecule has 0 saturated heterocycles. The van der Waals surface area contributed by atoms with Gasteiger partial charge in [0.25, 0.3) is 0 Å². The Labute approximate surface area is 190 Å². The predicted molar refractivity (Wildman–Crippen MR) is 106 cm³/mol. The van der Waals surface area contributed by atoms with Gasteiger partial charge in [-0.1, -0.05) is 6.58 Å². The van der Waals surface area contributed by atoms with E-state index >= 15 is 0 Å². The minimum atomic E-state index is -6.49. The van der Waals surface area contributed by atoms with Gasteiger partial charge in [-0.25, -0.2) is 13.2 Å². The normalized spacial score (nSPS) is 29.3. The van der Waals surface area contributed by atoms with E-state index in [4.69, 9.17) is 14.2 Å². The van der Waals surface area contributed by atoms with E-state index < -0.39 is 40.1 Å². The fraction of sp³-hybridized carbons (Fsp3) is 0.857. The first kappa shape index (κ1) is 26.4. The van der Waals surface area contributed by atoms with Crippen LogP contribution in [-0.4, -0.2) is 56.2 Å². The molecule has 0 aromatic heterocycles. The van der Waals surface area contributed by atoms with Crippen molar-refractivity contribution in [3.8, 4) is 0 Å². The third-order valence-corrected chi connectivity index (χ3v) is 7.85. The van der Waals surface area contributed by atoms with E-state index in [9.17, 15) is 35.3 Å². The van der Waals surface area contributed by atoms with Crippen LogP contribution in [0.15, 0.2) is 12.2 Å². The number of esters is 1. The van der Waals surface area contributed by atoms with E-state index in [0.717, 1.165) is 11.8 Å². The van der Waals surface area contributed by atoms with Gasteiger partial charge >= 0.3 is 17.1 Å². The van der Waals surface area contributed by atoms with E-state index in [2.05, 4.69) is 6.58 Å². The van der Waals surface area contributed by atoms with Gasteiger partial charge in [0.15, 0.2) is 16.9 Å². The summed E-state index contributed by atoms with van der Waals surface area (Å²) < 4.78 is 99.8. The van der Waals surface area contributed by atoms with Gasteiger partial charge in [-0.05, 0) is 68.6 Å². The molecule has 190 valence electrons. The third-order valence-electron chi connectivity index (χ3n) is 6.92. The first-order chi connectivity index (χ1) is 15.3. The summed E-state index contributed by atoms with van der Waals surface area (Å²) in [6, 6.07) is 0. The highest BCUT2D eigenvalue weighted by molar-refractivity contribution is 7.86. The van der Waals surface area contributed by atoms with E-state index in [0.29, 0.717) is 11.8 Å². The Morgan fingerprint density at radius 2 is 1.58 bits per heavy atom. The van der Waals surface area contributed by atoms with Crippen LogP contribution in [0.1, 0.15) is 51.4 Å². The Bertz CT molecular complexity index is 802. The summed E-state index contributed by atoms with van der Waals surface area (Å²) in [6.45, 7) is 2.93. The zero-order chi connectivity index (χ0) is 24.4. The van der Waals surface area contributed by atoms with Gasteiger partial charge in [-0.15, -0.1) is 0 Å². The predicted octanol–water partition coefficient (Wildman–Crippen LogP) is 3.84. The van der Waals surface area contributed by atoms with Crippen molar-refractivity contribution in [2.75, 3.05) is 20.0 Å². The zero-order valence-electron chi connectivity index (χ0n) is 18.1. The van der Waals surface area contributed by atoms with Crippen molar-refractivity contribution in [2.24, 2.45) is 23.7 Å². The molecule has 0 spiro atoms. The topological polar surface area (TPSA) is 102 Å². The highest BCUT2D eigenvalue weighted by Crippen LogP contribution is 2.54. The number of rotatable bonds is 13. The summed E-state index contributed by atoms with van der Waals surface area (Å²) in [5.41, 5.74) is -0.0157. The summed E-state index contributed by atoms with van der Waals surface area (Å²) in [7, 11) is -6.49. The highest BCUT2D eigenvalue weighted by Gasteiger charge is 2.60. The van der Waals surface area contributed by atoms with Crippen molar-refractivity contribution < 1.29 is 49.5 Å². The molecule has 0 aromatic rings. The zero-order valence-corrected chi connectivity index (χ0v) is 19.0. The molecule has 4 saturated carbocycles. The van der Waals surface area contributed by atoms with Crippen LogP contribution in [0.25, 0.3) is 0 Å². The second kappa shape index (κ2) is 10.2. The number of ether oxygens (including phenoxy) is 3. The monoisotopic (exact) mass is 501 g/mol. The van der Waals surface area contributed by atoms with Crippen LogP contribution in [0.2, 0.25) is 0 Å². The molecule has 0 unspecified atom stereocenters. The molecule has 0 atom stereocenters. The van der Waals surface area contributed by atoms with Gasteiger partial charge in [-0.3, -0.25) is 0 Å².